The van der Waals surface area contributed by atoms with Crippen molar-refractivity contribution in [1.82, 2.24) is 5.32 Å². The summed E-state index contributed by atoms with van der Waals surface area (Å²) in [4.78, 5) is 0. The van der Waals surface area contributed by atoms with E-state index < -0.39 is 0 Å². The molecule has 104 valence electrons. The zero-order valence-corrected chi connectivity index (χ0v) is 12.1. The normalized spacial score (nSPS) is 24.6. The van der Waals surface area contributed by atoms with Gasteiger partial charge in [0.15, 0.2) is 0 Å². The lowest BCUT2D eigenvalue weighted by atomic mass is 9.84. The summed E-state index contributed by atoms with van der Waals surface area (Å²) in [5.74, 6) is 1.71. The molecule has 0 aromatic heterocycles. The Labute approximate surface area is 116 Å². The van der Waals surface area contributed by atoms with E-state index in [-0.39, 0.29) is 0 Å². The molecular formula is C17H25NO. The molecule has 1 heterocycles. The van der Waals surface area contributed by atoms with Gasteiger partial charge < -0.3 is 10.1 Å². The first kappa shape index (κ1) is 13.0. The van der Waals surface area contributed by atoms with Gasteiger partial charge in [0, 0.05) is 17.5 Å². The minimum atomic E-state index is 0.528. The number of rotatable bonds is 6. The molecule has 0 spiro atoms. The van der Waals surface area contributed by atoms with E-state index in [0.717, 1.165) is 18.9 Å². The predicted octanol–water partition coefficient (Wildman–Crippen LogP) is 3.72. The van der Waals surface area contributed by atoms with Gasteiger partial charge >= 0.3 is 0 Å². The minimum Gasteiger partial charge on any atom is -0.493 e. The van der Waals surface area contributed by atoms with Crippen LogP contribution < -0.4 is 10.1 Å². The molecule has 1 aromatic carbocycles. The fourth-order valence-electron chi connectivity index (χ4n) is 3.44. The largest absolute Gasteiger partial charge is 0.493 e. The van der Waals surface area contributed by atoms with Gasteiger partial charge in [-0.25, -0.2) is 0 Å². The molecule has 0 bridgehead atoms. The van der Waals surface area contributed by atoms with Crippen LogP contribution in [0, 0.1) is 5.41 Å². The van der Waals surface area contributed by atoms with Gasteiger partial charge in [-0.1, -0.05) is 25.1 Å². The highest BCUT2D eigenvalue weighted by Crippen LogP contribution is 2.56. The highest BCUT2D eigenvalue weighted by Gasteiger charge is 2.49. The van der Waals surface area contributed by atoms with Crippen molar-refractivity contribution in [3.63, 3.8) is 0 Å². The molecule has 2 aliphatic rings. The number of hydrogen-bond donors (Lipinski definition) is 1. The van der Waals surface area contributed by atoms with E-state index in [1.165, 1.54) is 31.2 Å². The summed E-state index contributed by atoms with van der Waals surface area (Å²) in [6, 6.07) is 9.19. The van der Waals surface area contributed by atoms with Crippen molar-refractivity contribution in [3.05, 3.63) is 29.8 Å². The van der Waals surface area contributed by atoms with Gasteiger partial charge in [-0.2, -0.15) is 0 Å². The molecule has 1 aliphatic carbocycles. The van der Waals surface area contributed by atoms with Crippen molar-refractivity contribution >= 4 is 0 Å². The van der Waals surface area contributed by atoms with Crippen LogP contribution in [0.5, 0.6) is 5.75 Å². The Balaban J connectivity index is 1.66. The van der Waals surface area contributed by atoms with Gasteiger partial charge in [-0.3, -0.25) is 0 Å². The van der Waals surface area contributed by atoms with Crippen molar-refractivity contribution in [2.45, 2.75) is 51.5 Å². The molecule has 2 heteroatoms. The second-order valence-corrected chi connectivity index (χ2v) is 6.29. The number of para-hydroxylation sites is 1. The first-order valence-electron chi connectivity index (χ1n) is 7.70. The molecular weight excluding hydrogens is 234 g/mol. The van der Waals surface area contributed by atoms with Gasteiger partial charge in [0.05, 0.1) is 6.61 Å². The maximum atomic E-state index is 5.83. The summed E-state index contributed by atoms with van der Waals surface area (Å²) in [6.07, 6.45) is 5.25. The van der Waals surface area contributed by atoms with Crippen molar-refractivity contribution in [2.24, 2.45) is 5.41 Å². The molecule has 2 unspecified atom stereocenters. The van der Waals surface area contributed by atoms with E-state index in [2.05, 4.69) is 43.4 Å². The topological polar surface area (TPSA) is 21.3 Å². The number of nitrogens with one attached hydrogen (secondary N) is 1. The smallest absolute Gasteiger partial charge is 0.122 e. The van der Waals surface area contributed by atoms with E-state index >= 15 is 0 Å². The Morgan fingerprint density at radius 3 is 2.89 bits per heavy atom. The second kappa shape index (κ2) is 5.16. The summed E-state index contributed by atoms with van der Waals surface area (Å²) in [5, 5.41) is 3.69. The summed E-state index contributed by atoms with van der Waals surface area (Å²) in [7, 11) is 0. The van der Waals surface area contributed by atoms with Gasteiger partial charge in [-0.15, -0.1) is 0 Å². The zero-order chi connectivity index (χ0) is 13.3. The Morgan fingerprint density at radius 2 is 2.16 bits per heavy atom. The second-order valence-electron chi connectivity index (χ2n) is 6.29. The Hall–Kier alpha value is -1.02. The fourth-order valence-corrected chi connectivity index (χ4v) is 3.44. The lowest BCUT2D eigenvalue weighted by Crippen LogP contribution is -2.36. The van der Waals surface area contributed by atoms with Crippen LogP contribution in [-0.4, -0.2) is 19.2 Å². The van der Waals surface area contributed by atoms with Crippen LogP contribution >= 0.6 is 0 Å². The molecule has 1 fully saturated rings. The quantitative estimate of drug-likeness (QED) is 0.840. The first-order valence-corrected chi connectivity index (χ1v) is 7.70. The molecule has 19 heavy (non-hydrogen) atoms. The average molecular weight is 259 g/mol. The Bertz CT molecular complexity index is 439. The van der Waals surface area contributed by atoms with Crippen molar-refractivity contribution < 1.29 is 4.74 Å². The Morgan fingerprint density at radius 1 is 1.37 bits per heavy atom. The third-order valence-corrected chi connectivity index (χ3v) is 4.96. The van der Waals surface area contributed by atoms with E-state index in [9.17, 15) is 0 Å². The van der Waals surface area contributed by atoms with Crippen LogP contribution in [0.25, 0.3) is 0 Å². The van der Waals surface area contributed by atoms with Gasteiger partial charge in [0.25, 0.3) is 0 Å². The van der Waals surface area contributed by atoms with Crippen LogP contribution in [-0.2, 0) is 0 Å². The maximum absolute atomic E-state index is 5.83. The third kappa shape index (κ3) is 2.51. The molecule has 0 amide bonds. The molecule has 0 saturated heterocycles. The number of fused-ring (bicyclic) bond motifs is 1. The summed E-state index contributed by atoms with van der Waals surface area (Å²) < 4.78 is 5.83. The van der Waals surface area contributed by atoms with E-state index in [0.29, 0.717) is 17.4 Å². The third-order valence-electron chi connectivity index (χ3n) is 4.96. The van der Waals surface area contributed by atoms with E-state index in [4.69, 9.17) is 4.74 Å². The number of hydrogen-bond acceptors (Lipinski definition) is 2. The van der Waals surface area contributed by atoms with E-state index in [1.807, 2.05) is 0 Å². The first-order chi connectivity index (χ1) is 9.25. The fraction of sp³-hybridized carbons (Fsp3) is 0.647. The molecule has 1 saturated carbocycles. The predicted molar refractivity (Wildman–Crippen MR) is 78.7 cm³/mol. The maximum Gasteiger partial charge on any atom is 0.122 e. The molecule has 1 aliphatic heterocycles. The standard InChI is InChI=1S/C17H25NO/c1-3-10-18-13(2)17(8-9-17)11-14-12-19-16-7-5-4-6-15(14)16/h4-7,13-14,18H,3,8-12H2,1-2H3. The minimum absolute atomic E-state index is 0.528. The average Bonchev–Trinajstić information content (AvgIpc) is 3.12. The molecule has 2 atom stereocenters. The molecule has 2 nitrogen and oxygen atoms in total. The molecule has 3 rings (SSSR count). The van der Waals surface area contributed by atoms with Crippen LogP contribution in [0.1, 0.15) is 51.0 Å². The van der Waals surface area contributed by atoms with Crippen molar-refractivity contribution in [3.8, 4) is 5.75 Å². The summed E-state index contributed by atoms with van der Waals surface area (Å²) >= 11 is 0. The highest BCUT2D eigenvalue weighted by molar-refractivity contribution is 5.40. The van der Waals surface area contributed by atoms with E-state index in [1.54, 1.807) is 0 Å². The molecule has 0 radical (unpaired) electrons. The van der Waals surface area contributed by atoms with Crippen molar-refractivity contribution in [1.29, 1.82) is 0 Å². The van der Waals surface area contributed by atoms with Crippen molar-refractivity contribution in [2.75, 3.05) is 13.2 Å². The molecule has 1 N–H and O–H groups in total. The van der Waals surface area contributed by atoms with Gasteiger partial charge in [-0.05, 0) is 50.6 Å². The van der Waals surface area contributed by atoms with Crippen LogP contribution in [0.3, 0.4) is 0 Å². The number of benzene rings is 1. The molecule has 1 aromatic rings. The summed E-state index contributed by atoms with van der Waals surface area (Å²) in [5.41, 5.74) is 1.96. The van der Waals surface area contributed by atoms with Gasteiger partial charge in [0.2, 0.25) is 0 Å². The summed E-state index contributed by atoms with van der Waals surface area (Å²) in [6.45, 7) is 6.62. The van der Waals surface area contributed by atoms with Crippen LogP contribution in [0.4, 0.5) is 0 Å². The number of ether oxygens (including phenoxy) is 1. The monoisotopic (exact) mass is 259 g/mol. The highest BCUT2D eigenvalue weighted by atomic mass is 16.5. The SMILES string of the molecule is CCCNC(C)C1(CC2COc3ccccc32)CC1. The lowest BCUT2D eigenvalue weighted by molar-refractivity contribution is 0.267. The lowest BCUT2D eigenvalue weighted by Gasteiger charge is -2.27. The van der Waals surface area contributed by atoms with Gasteiger partial charge in [0.1, 0.15) is 5.75 Å². The zero-order valence-electron chi connectivity index (χ0n) is 12.1. The van der Waals surface area contributed by atoms with Crippen LogP contribution in [0.15, 0.2) is 24.3 Å². The van der Waals surface area contributed by atoms with Crippen LogP contribution in [0.2, 0.25) is 0 Å². The Kier molecular flexibility index (Phi) is 3.53.